The smallest absolute Gasteiger partial charge is 0.00680 e. The van der Waals surface area contributed by atoms with E-state index >= 15 is 0 Å². The Balaban J connectivity index is 2.29. The summed E-state index contributed by atoms with van der Waals surface area (Å²) >= 11 is 0. The van der Waals surface area contributed by atoms with Gasteiger partial charge in [-0.25, -0.2) is 0 Å². The number of benzene rings is 3. The van der Waals surface area contributed by atoms with Gasteiger partial charge < -0.3 is 0 Å². The van der Waals surface area contributed by atoms with Crippen LogP contribution in [0.2, 0.25) is 0 Å². The van der Waals surface area contributed by atoms with Gasteiger partial charge in [-0.2, -0.15) is 0 Å². The Morgan fingerprint density at radius 2 is 1.08 bits per heavy atom. The second kappa shape index (κ2) is 6.28. The molecule has 24 heavy (non-hydrogen) atoms. The molecule has 0 heteroatoms. The van der Waals surface area contributed by atoms with E-state index in [4.69, 9.17) is 0 Å². The third-order valence-electron chi connectivity index (χ3n) is 4.58. The largest absolute Gasteiger partial charge is 0.0613 e. The van der Waals surface area contributed by atoms with Crippen LogP contribution in [-0.2, 0) is 5.41 Å². The Kier molecular flexibility index (Phi) is 4.32. The van der Waals surface area contributed by atoms with Gasteiger partial charge in [-0.05, 0) is 47.1 Å². The zero-order chi connectivity index (χ0) is 17.3. The Hall–Kier alpha value is -2.34. The van der Waals surface area contributed by atoms with Crippen LogP contribution in [0, 0.1) is 13.8 Å². The molecule has 0 amide bonds. The summed E-state index contributed by atoms with van der Waals surface area (Å²) in [5.41, 5.74) is 9.32. The molecule has 3 rings (SSSR count). The fraction of sp³-hybridized carbons (Fsp3) is 0.250. The lowest BCUT2D eigenvalue weighted by atomic mass is 9.79. The molecule has 0 spiro atoms. The first-order valence-corrected chi connectivity index (χ1v) is 8.64. The quantitative estimate of drug-likeness (QED) is 0.481. The first-order chi connectivity index (χ1) is 11.4. The van der Waals surface area contributed by atoms with Crippen molar-refractivity contribution in [1.82, 2.24) is 0 Å². The first-order valence-electron chi connectivity index (χ1n) is 8.64. The molecule has 0 unspecified atom stereocenters. The SMILES string of the molecule is Cc1ccc(-c2cccc(C(C)(C)C)c2-c2ccc(C)cc2)cc1. The fourth-order valence-electron chi connectivity index (χ4n) is 3.18. The molecule has 0 N–H and O–H groups in total. The van der Waals surface area contributed by atoms with Crippen LogP contribution in [0.3, 0.4) is 0 Å². The van der Waals surface area contributed by atoms with Crippen molar-refractivity contribution in [2.24, 2.45) is 0 Å². The number of aryl methyl sites for hydroxylation is 2. The highest BCUT2D eigenvalue weighted by Crippen LogP contribution is 2.40. The van der Waals surface area contributed by atoms with Gasteiger partial charge in [0, 0.05) is 0 Å². The van der Waals surface area contributed by atoms with Crippen molar-refractivity contribution >= 4 is 0 Å². The van der Waals surface area contributed by atoms with E-state index in [-0.39, 0.29) is 5.41 Å². The van der Waals surface area contributed by atoms with Gasteiger partial charge in [-0.15, -0.1) is 0 Å². The van der Waals surface area contributed by atoms with Gasteiger partial charge >= 0.3 is 0 Å². The molecule has 3 aromatic rings. The van der Waals surface area contributed by atoms with Crippen molar-refractivity contribution in [2.45, 2.75) is 40.0 Å². The summed E-state index contributed by atoms with van der Waals surface area (Å²) in [6, 6.07) is 24.5. The summed E-state index contributed by atoms with van der Waals surface area (Å²) < 4.78 is 0. The van der Waals surface area contributed by atoms with Gasteiger partial charge in [0.1, 0.15) is 0 Å². The van der Waals surface area contributed by atoms with Crippen LogP contribution in [0.15, 0.2) is 66.7 Å². The van der Waals surface area contributed by atoms with E-state index in [0.29, 0.717) is 0 Å². The summed E-state index contributed by atoms with van der Waals surface area (Å²) in [5.74, 6) is 0. The highest BCUT2D eigenvalue weighted by molar-refractivity contribution is 5.86. The maximum atomic E-state index is 2.29. The highest BCUT2D eigenvalue weighted by Gasteiger charge is 2.21. The summed E-state index contributed by atoms with van der Waals surface area (Å²) in [6.45, 7) is 11.1. The predicted octanol–water partition coefficient (Wildman–Crippen LogP) is 6.93. The van der Waals surface area contributed by atoms with E-state index in [0.717, 1.165) is 0 Å². The Labute approximate surface area is 146 Å². The molecule has 3 aromatic carbocycles. The molecule has 0 saturated carbocycles. The molecular formula is C24H26. The fourth-order valence-corrected chi connectivity index (χ4v) is 3.18. The third kappa shape index (κ3) is 3.28. The van der Waals surface area contributed by atoms with Crippen LogP contribution in [0.1, 0.15) is 37.5 Å². The van der Waals surface area contributed by atoms with Crippen LogP contribution >= 0.6 is 0 Å². The maximum absolute atomic E-state index is 2.29. The number of hydrogen-bond acceptors (Lipinski definition) is 0. The lowest BCUT2D eigenvalue weighted by Crippen LogP contribution is -2.13. The highest BCUT2D eigenvalue weighted by atomic mass is 14.3. The van der Waals surface area contributed by atoms with Crippen LogP contribution in [-0.4, -0.2) is 0 Å². The topological polar surface area (TPSA) is 0 Å². The van der Waals surface area contributed by atoms with Crippen molar-refractivity contribution < 1.29 is 0 Å². The molecule has 0 atom stereocenters. The van der Waals surface area contributed by atoms with Crippen LogP contribution in [0.5, 0.6) is 0 Å². The molecule has 0 heterocycles. The molecular weight excluding hydrogens is 288 g/mol. The molecule has 0 saturated heterocycles. The summed E-state index contributed by atoms with van der Waals surface area (Å²) in [6.07, 6.45) is 0. The average Bonchev–Trinajstić information content (AvgIpc) is 2.55. The van der Waals surface area contributed by atoms with E-state index in [2.05, 4.69) is 101 Å². The van der Waals surface area contributed by atoms with E-state index in [1.54, 1.807) is 0 Å². The molecule has 0 aliphatic rings. The molecule has 0 aromatic heterocycles. The summed E-state index contributed by atoms with van der Waals surface area (Å²) in [7, 11) is 0. The minimum Gasteiger partial charge on any atom is -0.0613 e. The van der Waals surface area contributed by atoms with Crippen LogP contribution in [0.4, 0.5) is 0 Å². The molecule has 0 aliphatic carbocycles. The third-order valence-corrected chi connectivity index (χ3v) is 4.58. The van der Waals surface area contributed by atoms with Crippen molar-refractivity contribution in [1.29, 1.82) is 0 Å². The molecule has 0 nitrogen and oxygen atoms in total. The normalized spacial score (nSPS) is 11.5. The van der Waals surface area contributed by atoms with Gasteiger partial charge in [-0.1, -0.05) is 98.6 Å². The second-order valence-corrected chi connectivity index (χ2v) is 7.71. The van der Waals surface area contributed by atoms with Gasteiger partial charge in [0.05, 0.1) is 0 Å². The van der Waals surface area contributed by atoms with Crippen LogP contribution < -0.4 is 0 Å². The standard InChI is InChI=1S/C24H26/c1-17-9-13-19(14-10-17)21-7-6-8-22(24(3,4)5)23(21)20-15-11-18(2)12-16-20/h6-16H,1-5H3. The van der Waals surface area contributed by atoms with E-state index in [9.17, 15) is 0 Å². The predicted molar refractivity (Wildman–Crippen MR) is 105 cm³/mol. The number of hydrogen-bond donors (Lipinski definition) is 0. The van der Waals surface area contributed by atoms with E-state index in [1.165, 1.54) is 38.9 Å². The van der Waals surface area contributed by atoms with Crippen molar-refractivity contribution in [3.63, 3.8) is 0 Å². The first kappa shape index (κ1) is 16.5. The van der Waals surface area contributed by atoms with E-state index < -0.39 is 0 Å². The maximum Gasteiger partial charge on any atom is -0.00680 e. The second-order valence-electron chi connectivity index (χ2n) is 7.71. The van der Waals surface area contributed by atoms with E-state index in [1.807, 2.05) is 0 Å². The van der Waals surface area contributed by atoms with Crippen molar-refractivity contribution in [2.75, 3.05) is 0 Å². The average molecular weight is 314 g/mol. The van der Waals surface area contributed by atoms with Gasteiger partial charge in [0.25, 0.3) is 0 Å². The minimum atomic E-state index is 0.0981. The van der Waals surface area contributed by atoms with Gasteiger partial charge in [0.2, 0.25) is 0 Å². The Morgan fingerprint density at radius 1 is 0.583 bits per heavy atom. The zero-order valence-corrected chi connectivity index (χ0v) is 15.4. The molecule has 0 bridgehead atoms. The van der Waals surface area contributed by atoms with Gasteiger partial charge in [0.15, 0.2) is 0 Å². The zero-order valence-electron chi connectivity index (χ0n) is 15.4. The Bertz CT molecular complexity index is 829. The monoisotopic (exact) mass is 314 g/mol. The summed E-state index contributed by atoms with van der Waals surface area (Å²) in [4.78, 5) is 0. The Morgan fingerprint density at radius 3 is 1.58 bits per heavy atom. The minimum absolute atomic E-state index is 0.0981. The van der Waals surface area contributed by atoms with Crippen molar-refractivity contribution in [3.05, 3.63) is 83.4 Å². The molecule has 0 radical (unpaired) electrons. The van der Waals surface area contributed by atoms with Crippen molar-refractivity contribution in [3.8, 4) is 22.3 Å². The molecule has 0 fully saturated rings. The lowest BCUT2D eigenvalue weighted by Gasteiger charge is -2.25. The van der Waals surface area contributed by atoms with Crippen LogP contribution in [0.25, 0.3) is 22.3 Å². The summed E-state index contributed by atoms with van der Waals surface area (Å²) in [5, 5.41) is 0. The van der Waals surface area contributed by atoms with Gasteiger partial charge in [-0.3, -0.25) is 0 Å². The molecule has 0 aliphatic heterocycles. The lowest BCUT2D eigenvalue weighted by molar-refractivity contribution is 0.592. The molecule has 122 valence electrons. The number of rotatable bonds is 2.